The average molecular weight is 286 g/mol. The van der Waals surface area contributed by atoms with Crippen molar-refractivity contribution in [1.29, 1.82) is 0 Å². The lowest BCUT2D eigenvalue weighted by Crippen LogP contribution is -2.41. The van der Waals surface area contributed by atoms with E-state index in [9.17, 15) is 14.5 Å². The first-order valence-corrected chi connectivity index (χ1v) is 6.09. The van der Waals surface area contributed by atoms with Crippen LogP contribution < -0.4 is 14.8 Å². The van der Waals surface area contributed by atoms with Crippen molar-refractivity contribution in [2.45, 2.75) is 6.10 Å². The Morgan fingerprint density at radius 1 is 1.55 bits per heavy atom. The lowest BCUT2D eigenvalue weighted by Gasteiger charge is -2.23. The largest absolute Gasteiger partial charge is 0.490 e. The van der Waals surface area contributed by atoms with E-state index in [1.807, 2.05) is 0 Å². The zero-order chi connectivity index (χ0) is 14.5. The molecule has 1 unspecified atom stereocenters. The van der Waals surface area contributed by atoms with Gasteiger partial charge in [-0.25, -0.2) is 4.39 Å². The van der Waals surface area contributed by atoms with Crippen molar-refractivity contribution >= 4 is 5.69 Å². The lowest BCUT2D eigenvalue weighted by molar-refractivity contribution is -0.386. The molecule has 0 aliphatic carbocycles. The summed E-state index contributed by atoms with van der Waals surface area (Å²) in [4.78, 5) is 10.0. The van der Waals surface area contributed by atoms with Crippen molar-refractivity contribution in [3.63, 3.8) is 0 Å². The van der Waals surface area contributed by atoms with Crippen LogP contribution in [-0.4, -0.2) is 44.4 Å². The molecule has 2 rings (SSSR count). The van der Waals surface area contributed by atoms with Crippen LogP contribution in [0, 0.1) is 15.9 Å². The number of nitro groups is 1. The molecule has 0 saturated carbocycles. The zero-order valence-electron chi connectivity index (χ0n) is 10.9. The highest BCUT2D eigenvalue weighted by atomic mass is 19.1. The molecule has 1 atom stereocenters. The molecule has 1 aliphatic heterocycles. The number of nitrogens with one attached hydrogen (secondary N) is 1. The van der Waals surface area contributed by atoms with Crippen molar-refractivity contribution in [3.8, 4) is 11.5 Å². The highest BCUT2D eigenvalue weighted by molar-refractivity contribution is 5.51. The van der Waals surface area contributed by atoms with Crippen molar-refractivity contribution < 1.29 is 23.5 Å². The number of ether oxygens (including phenoxy) is 3. The molecule has 1 N–H and O–H groups in total. The fourth-order valence-electron chi connectivity index (χ4n) is 1.85. The van der Waals surface area contributed by atoms with Crippen LogP contribution in [0.15, 0.2) is 12.1 Å². The van der Waals surface area contributed by atoms with E-state index in [-0.39, 0.29) is 24.2 Å². The fourth-order valence-corrected chi connectivity index (χ4v) is 1.85. The molecule has 1 aromatic rings. The fraction of sp³-hybridized carbons (Fsp3) is 0.500. The first-order valence-electron chi connectivity index (χ1n) is 6.09. The molecule has 0 bridgehead atoms. The number of rotatable bonds is 5. The second-order valence-corrected chi connectivity index (χ2v) is 4.22. The van der Waals surface area contributed by atoms with Crippen LogP contribution in [0.25, 0.3) is 0 Å². The minimum absolute atomic E-state index is 0.0471. The van der Waals surface area contributed by atoms with Gasteiger partial charge in [0.2, 0.25) is 5.75 Å². The van der Waals surface area contributed by atoms with Gasteiger partial charge in [-0.1, -0.05) is 0 Å². The number of nitro benzene ring substituents is 1. The number of halogens is 1. The number of benzene rings is 1. The van der Waals surface area contributed by atoms with E-state index in [0.29, 0.717) is 13.2 Å². The molecule has 1 saturated heterocycles. The van der Waals surface area contributed by atoms with Crippen molar-refractivity contribution in [2.24, 2.45) is 0 Å². The molecule has 1 aromatic carbocycles. The minimum Gasteiger partial charge on any atom is -0.490 e. The van der Waals surface area contributed by atoms with Crippen molar-refractivity contribution in [1.82, 2.24) is 5.32 Å². The molecule has 1 heterocycles. The maximum Gasteiger partial charge on any atom is 0.314 e. The van der Waals surface area contributed by atoms with Gasteiger partial charge in [-0.05, 0) is 0 Å². The van der Waals surface area contributed by atoms with E-state index >= 15 is 0 Å². The van der Waals surface area contributed by atoms with Gasteiger partial charge in [0.1, 0.15) is 12.7 Å². The third kappa shape index (κ3) is 3.34. The Morgan fingerprint density at radius 2 is 2.35 bits per heavy atom. The molecule has 0 aromatic heterocycles. The van der Waals surface area contributed by atoms with Crippen LogP contribution in [0.2, 0.25) is 0 Å². The normalized spacial score (nSPS) is 18.6. The maximum atomic E-state index is 13.7. The minimum atomic E-state index is -0.804. The highest BCUT2D eigenvalue weighted by Gasteiger charge is 2.21. The Labute approximate surface area is 114 Å². The highest BCUT2D eigenvalue weighted by Crippen LogP contribution is 2.33. The molecular formula is C12H15FN2O5. The molecule has 8 heteroatoms. The van der Waals surface area contributed by atoms with Crippen LogP contribution in [0.4, 0.5) is 10.1 Å². The van der Waals surface area contributed by atoms with Gasteiger partial charge in [-0.2, -0.15) is 0 Å². The zero-order valence-corrected chi connectivity index (χ0v) is 10.9. The lowest BCUT2D eigenvalue weighted by atomic mass is 10.2. The van der Waals surface area contributed by atoms with Gasteiger partial charge in [0, 0.05) is 19.2 Å². The van der Waals surface area contributed by atoms with Gasteiger partial charge in [-0.15, -0.1) is 0 Å². The Balaban J connectivity index is 2.09. The van der Waals surface area contributed by atoms with Crippen molar-refractivity contribution in [3.05, 3.63) is 28.1 Å². The third-order valence-electron chi connectivity index (χ3n) is 2.86. The van der Waals surface area contributed by atoms with E-state index in [4.69, 9.17) is 14.2 Å². The number of hydrogen-bond acceptors (Lipinski definition) is 6. The summed E-state index contributed by atoms with van der Waals surface area (Å²) in [5, 5.41) is 13.9. The summed E-state index contributed by atoms with van der Waals surface area (Å²) in [5.74, 6) is -0.947. The smallest absolute Gasteiger partial charge is 0.314 e. The van der Waals surface area contributed by atoms with Gasteiger partial charge >= 0.3 is 5.69 Å². The van der Waals surface area contributed by atoms with Crippen LogP contribution in [0.1, 0.15) is 0 Å². The summed E-state index contributed by atoms with van der Waals surface area (Å²) in [5.41, 5.74) is -0.437. The van der Waals surface area contributed by atoms with Gasteiger partial charge in [-0.3, -0.25) is 10.1 Å². The number of morpholine rings is 1. The number of nitrogens with zero attached hydrogens (tertiary/aromatic N) is 1. The van der Waals surface area contributed by atoms with E-state index in [0.717, 1.165) is 12.6 Å². The standard InChI is InChI=1S/C12H15FN2O5/c1-18-12-5-11(9(13)4-10(12)15(16)17)20-7-8-6-14-2-3-19-8/h4-5,8,14H,2-3,6-7H2,1H3. The Hall–Kier alpha value is -1.93. The summed E-state index contributed by atoms with van der Waals surface area (Å²) in [6, 6.07) is 1.96. The first-order chi connectivity index (χ1) is 9.61. The Kier molecular flexibility index (Phi) is 4.70. The molecule has 0 spiro atoms. The molecule has 1 fully saturated rings. The molecule has 0 radical (unpaired) electrons. The quantitative estimate of drug-likeness (QED) is 0.645. The second-order valence-electron chi connectivity index (χ2n) is 4.22. The van der Waals surface area contributed by atoms with Gasteiger partial charge in [0.05, 0.1) is 24.7 Å². The number of methoxy groups -OCH3 is 1. The Morgan fingerprint density at radius 3 is 2.95 bits per heavy atom. The molecular weight excluding hydrogens is 271 g/mol. The molecule has 20 heavy (non-hydrogen) atoms. The molecule has 7 nitrogen and oxygen atoms in total. The monoisotopic (exact) mass is 286 g/mol. The topological polar surface area (TPSA) is 82.9 Å². The summed E-state index contributed by atoms with van der Waals surface area (Å²) in [6.07, 6.45) is -0.177. The summed E-state index contributed by atoms with van der Waals surface area (Å²) in [7, 11) is 1.28. The molecule has 1 aliphatic rings. The van der Waals surface area contributed by atoms with E-state index in [1.54, 1.807) is 0 Å². The average Bonchev–Trinajstić information content (AvgIpc) is 2.46. The molecule has 110 valence electrons. The van der Waals surface area contributed by atoms with Crippen molar-refractivity contribution in [2.75, 3.05) is 33.4 Å². The van der Waals surface area contributed by atoms with E-state index in [2.05, 4.69) is 5.32 Å². The number of hydrogen-bond donors (Lipinski definition) is 1. The first kappa shape index (κ1) is 14.5. The summed E-state index contributed by atoms with van der Waals surface area (Å²) >= 11 is 0. The van der Waals surface area contributed by atoms with E-state index in [1.165, 1.54) is 13.2 Å². The van der Waals surface area contributed by atoms with Gasteiger partial charge in [0.25, 0.3) is 0 Å². The second kappa shape index (κ2) is 6.49. The Bertz CT molecular complexity index is 491. The molecule has 0 amide bonds. The van der Waals surface area contributed by atoms with Crippen LogP contribution in [0.5, 0.6) is 11.5 Å². The SMILES string of the molecule is COc1cc(OCC2CNCCO2)c(F)cc1[N+](=O)[O-]. The van der Waals surface area contributed by atoms with Crippen LogP contribution in [0.3, 0.4) is 0 Å². The van der Waals surface area contributed by atoms with Gasteiger partial charge < -0.3 is 19.5 Å². The predicted octanol–water partition coefficient (Wildman–Crippen LogP) is 1.11. The van der Waals surface area contributed by atoms with E-state index < -0.39 is 16.4 Å². The van der Waals surface area contributed by atoms with Crippen LogP contribution >= 0.6 is 0 Å². The van der Waals surface area contributed by atoms with Gasteiger partial charge in [0.15, 0.2) is 11.6 Å². The van der Waals surface area contributed by atoms with Crippen LogP contribution in [-0.2, 0) is 4.74 Å². The summed E-state index contributed by atoms with van der Waals surface area (Å²) in [6.45, 7) is 2.12. The predicted molar refractivity (Wildman–Crippen MR) is 67.7 cm³/mol. The third-order valence-corrected chi connectivity index (χ3v) is 2.86. The maximum absolute atomic E-state index is 13.7. The summed E-state index contributed by atoms with van der Waals surface area (Å²) < 4.78 is 29.3.